The van der Waals surface area contributed by atoms with Crippen LogP contribution in [0.3, 0.4) is 0 Å². The summed E-state index contributed by atoms with van der Waals surface area (Å²) in [5, 5.41) is 10.9. The normalized spacial score (nSPS) is 11.8. The fourth-order valence-corrected chi connectivity index (χ4v) is 1.18. The van der Waals surface area contributed by atoms with Gasteiger partial charge in [0.2, 0.25) is 10.0 Å². The van der Waals surface area contributed by atoms with E-state index in [2.05, 4.69) is 10.0 Å². The van der Waals surface area contributed by atoms with Crippen LogP contribution in [0.25, 0.3) is 0 Å². The van der Waals surface area contributed by atoms with Gasteiger partial charge in [0.25, 0.3) is 0 Å². The zero-order valence-corrected chi connectivity index (χ0v) is 8.67. The van der Waals surface area contributed by atoms with Gasteiger partial charge < -0.3 is 10.4 Å². The van der Waals surface area contributed by atoms with E-state index in [-0.39, 0.29) is 0 Å². The van der Waals surface area contributed by atoms with Crippen LogP contribution in [0.4, 0.5) is 0 Å². The van der Waals surface area contributed by atoms with Gasteiger partial charge in [-0.3, -0.25) is 0 Å². The first kappa shape index (κ1) is 12.9. The molecule has 0 radical (unpaired) electrons. The Labute approximate surface area is 83.1 Å². The minimum absolute atomic E-state index is 0.340. The molecule has 0 fully saturated rings. The Bertz CT molecular complexity index is 297. The van der Waals surface area contributed by atoms with Gasteiger partial charge in [0.15, 0.2) is 0 Å². The van der Waals surface area contributed by atoms with E-state index in [4.69, 9.17) is 5.11 Å². The average molecular weight is 222 g/mol. The van der Waals surface area contributed by atoms with Crippen LogP contribution in [0.15, 0.2) is 12.3 Å². The Morgan fingerprint density at radius 1 is 1.43 bits per heavy atom. The third-order valence-electron chi connectivity index (χ3n) is 1.21. The van der Waals surface area contributed by atoms with Gasteiger partial charge in [-0.15, -0.1) is 0 Å². The monoisotopic (exact) mass is 222 g/mol. The molecule has 6 nitrogen and oxygen atoms in total. The topological polar surface area (TPSA) is 95.5 Å². The molecule has 0 amide bonds. The lowest BCUT2D eigenvalue weighted by Crippen LogP contribution is -2.25. The number of aliphatic carboxylic acids is 1. The molecule has 0 aromatic rings. The molecule has 0 unspecified atom stereocenters. The molecule has 0 aliphatic heterocycles. The van der Waals surface area contributed by atoms with Crippen molar-refractivity contribution in [3.8, 4) is 0 Å². The summed E-state index contributed by atoms with van der Waals surface area (Å²) in [6.07, 6.45) is 3.97. The SMILES string of the molecule is CS(=O)(=O)NCCCN/C=C/C(=O)O. The first-order chi connectivity index (χ1) is 6.42. The fourth-order valence-electron chi connectivity index (χ4n) is 0.662. The standard InChI is InChI=1S/C7H14N2O4S/c1-14(12,13)9-5-2-4-8-6-3-7(10)11/h3,6,8-9H,2,4-5H2,1H3,(H,10,11)/b6-3+. The number of hydrogen-bond acceptors (Lipinski definition) is 4. The summed E-state index contributed by atoms with van der Waals surface area (Å²) in [5.74, 6) is -1.02. The first-order valence-electron chi connectivity index (χ1n) is 3.99. The molecule has 3 N–H and O–H groups in total. The minimum atomic E-state index is -3.12. The molecule has 82 valence electrons. The molecule has 0 saturated carbocycles. The third kappa shape index (κ3) is 10.9. The van der Waals surface area contributed by atoms with Crippen molar-refractivity contribution in [2.45, 2.75) is 6.42 Å². The maximum atomic E-state index is 10.6. The zero-order chi connectivity index (χ0) is 11.0. The maximum Gasteiger partial charge on any atom is 0.329 e. The van der Waals surface area contributed by atoms with Crippen molar-refractivity contribution in [3.63, 3.8) is 0 Å². The Kier molecular flexibility index (Phi) is 5.89. The first-order valence-corrected chi connectivity index (χ1v) is 5.88. The summed E-state index contributed by atoms with van der Waals surface area (Å²) < 4.78 is 23.5. The predicted molar refractivity (Wildman–Crippen MR) is 52.2 cm³/mol. The smallest absolute Gasteiger partial charge is 0.329 e. The van der Waals surface area contributed by atoms with E-state index >= 15 is 0 Å². The molecular formula is C7H14N2O4S. The van der Waals surface area contributed by atoms with Crippen molar-refractivity contribution in [1.29, 1.82) is 0 Å². The highest BCUT2D eigenvalue weighted by atomic mass is 32.2. The average Bonchev–Trinajstić information content (AvgIpc) is 2.00. The second-order valence-electron chi connectivity index (χ2n) is 2.65. The quantitative estimate of drug-likeness (QED) is 0.384. The van der Waals surface area contributed by atoms with Gasteiger partial charge in [-0.2, -0.15) is 0 Å². The van der Waals surface area contributed by atoms with Crippen LogP contribution in [-0.2, 0) is 14.8 Å². The summed E-state index contributed by atoms with van der Waals surface area (Å²) in [6.45, 7) is 0.860. The van der Waals surface area contributed by atoms with E-state index in [1.54, 1.807) is 0 Å². The lowest BCUT2D eigenvalue weighted by Gasteiger charge is -2.01. The van der Waals surface area contributed by atoms with E-state index in [1.165, 1.54) is 6.20 Å². The summed E-state index contributed by atoms with van der Waals surface area (Å²) in [7, 11) is -3.12. The molecule has 0 spiro atoms. The van der Waals surface area contributed by atoms with Crippen LogP contribution < -0.4 is 10.0 Å². The molecule has 14 heavy (non-hydrogen) atoms. The molecule has 0 aromatic heterocycles. The number of carboxylic acid groups (broad SMARTS) is 1. The highest BCUT2D eigenvalue weighted by Gasteiger charge is 1.97. The van der Waals surface area contributed by atoms with Gasteiger partial charge in [-0.25, -0.2) is 17.9 Å². The van der Waals surface area contributed by atoms with Gasteiger partial charge in [0.1, 0.15) is 0 Å². The second-order valence-corrected chi connectivity index (χ2v) is 4.48. The number of hydrogen-bond donors (Lipinski definition) is 3. The van der Waals surface area contributed by atoms with Gasteiger partial charge >= 0.3 is 5.97 Å². The Balaban J connectivity index is 3.35. The number of carboxylic acids is 1. The zero-order valence-electron chi connectivity index (χ0n) is 7.86. The van der Waals surface area contributed by atoms with E-state index < -0.39 is 16.0 Å². The predicted octanol–water partition coefficient (Wildman–Crippen LogP) is -0.886. The van der Waals surface area contributed by atoms with Gasteiger partial charge in [-0.1, -0.05) is 0 Å². The number of nitrogens with one attached hydrogen (secondary N) is 2. The molecule has 0 aromatic carbocycles. The molecule has 0 aliphatic carbocycles. The molecule has 7 heteroatoms. The number of carbonyl (C=O) groups is 1. The summed E-state index contributed by atoms with van der Waals surface area (Å²) in [5.41, 5.74) is 0. The molecule has 0 rings (SSSR count). The van der Waals surface area contributed by atoms with Gasteiger partial charge in [0.05, 0.1) is 6.26 Å². The van der Waals surface area contributed by atoms with Crippen molar-refractivity contribution in [3.05, 3.63) is 12.3 Å². The highest BCUT2D eigenvalue weighted by molar-refractivity contribution is 7.88. The maximum absolute atomic E-state index is 10.6. The van der Waals surface area contributed by atoms with Gasteiger partial charge in [-0.05, 0) is 6.42 Å². The van der Waals surface area contributed by atoms with E-state index in [1.807, 2.05) is 0 Å². The van der Waals surface area contributed by atoms with Gasteiger partial charge in [0, 0.05) is 25.4 Å². The highest BCUT2D eigenvalue weighted by Crippen LogP contribution is 1.78. The third-order valence-corrected chi connectivity index (χ3v) is 1.93. The lowest BCUT2D eigenvalue weighted by atomic mass is 10.4. The van der Waals surface area contributed by atoms with Crippen molar-refractivity contribution in [2.24, 2.45) is 0 Å². The fraction of sp³-hybridized carbons (Fsp3) is 0.571. The lowest BCUT2D eigenvalue weighted by molar-refractivity contribution is -0.131. The molecule has 0 atom stereocenters. The summed E-state index contributed by atoms with van der Waals surface area (Å²) in [4.78, 5) is 10.0. The van der Waals surface area contributed by atoms with E-state index in [9.17, 15) is 13.2 Å². The summed E-state index contributed by atoms with van der Waals surface area (Å²) in [6, 6.07) is 0. The van der Waals surface area contributed by atoms with Crippen LogP contribution >= 0.6 is 0 Å². The number of sulfonamides is 1. The number of rotatable bonds is 7. The van der Waals surface area contributed by atoms with Crippen LogP contribution in [0, 0.1) is 0 Å². The molecule has 0 aliphatic rings. The van der Waals surface area contributed by atoms with Crippen molar-refractivity contribution < 1.29 is 18.3 Å². The van der Waals surface area contributed by atoms with Crippen LogP contribution in [0.5, 0.6) is 0 Å². The van der Waals surface area contributed by atoms with Crippen LogP contribution in [0.1, 0.15) is 6.42 Å². The van der Waals surface area contributed by atoms with Crippen LogP contribution in [0.2, 0.25) is 0 Å². The van der Waals surface area contributed by atoms with Crippen molar-refractivity contribution in [1.82, 2.24) is 10.0 Å². The summed E-state index contributed by atoms with van der Waals surface area (Å²) >= 11 is 0. The Hall–Kier alpha value is -1.08. The van der Waals surface area contributed by atoms with E-state index in [0.717, 1.165) is 12.3 Å². The molecular weight excluding hydrogens is 208 g/mol. The van der Waals surface area contributed by atoms with Crippen LogP contribution in [-0.4, -0.2) is 38.8 Å². The molecule has 0 heterocycles. The Morgan fingerprint density at radius 2 is 2.07 bits per heavy atom. The molecule has 0 saturated heterocycles. The second kappa shape index (κ2) is 6.39. The minimum Gasteiger partial charge on any atom is -0.478 e. The van der Waals surface area contributed by atoms with Crippen molar-refractivity contribution >= 4 is 16.0 Å². The Morgan fingerprint density at radius 3 is 2.57 bits per heavy atom. The molecule has 0 bridgehead atoms. The largest absolute Gasteiger partial charge is 0.478 e. The van der Waals surface area contributed by atoms with Crippen molar-refractivity contribution in [2.75, 3.05) is 19.3 Å². The van der Waals surface area contributed by atoms with E-state index in [0.29, 0.717) is 19.5 Å².